The first-order chi connectivity index (χ1) is 6.81. The molecule has 3 nitrogen and oxygen atoms in total. The van der Waals surface area contributed by atoms with Gasteiger partial charge in [-0.3, -0.25) is 0 Å². The monoisotopic (exact) mass is 194 g/mol. The summed E-state index contributed by atoms with van der Waals surface area (Å²) in [6, 6.07) is 5.92. The third-order valence-electron chi connectivity index (χ3n) is 2.04. The van der Waals surface area contributed by atoms with Gasteiger partial charge in [0.05, 0.1) is 14.2 Å². The van der Waals surface area contributed by atoms with Crippen LogP contribution < -0.4 is 14.8 Å². The molecule has 0 bridgehead atoms. The van der Waals surface area contributed by atoms with E-state index < -0.39 is 0 Å². The molecular weight excluding hydrogens is 178 g/mol. The number of hydrogen-bond acceptors (Lipinski definition) is 3. The smallest absolute Gasteiger partial charge is 0.160 e. The molecule has 0 atom stereocenters. The number of hydrogen-bond donors (Lipinski definition) is 1. The molecule has 0 aliphatic carbocycles. The van der Waals surface area contributed by atoms with Crippen molar-refractivity contribution in [2.24, 2.45) is 0 Å². The van der Waals surface area contributed by atoms with Crippen LogP contribution >= 0.6 is 0 Å². The minimum atomic E-state index is 0.763. The third-order valence-corrected chi connectivity index (χ3v) is 2.04. The Hall–Kier alpha value is -1.22. The van der Waals surface area contributed by atoms with Crippen LogP contribution in [0.4, 0.5) is 0 Å². The van der Waals surface area contributed by atoms with Crippen molar-refractivity contribution in [1.29, 1.82) is 0 Å². The quantitative estimate of drug-likeness (QED) is 0.772. The van der Waals surface area contributed by atoms with E-state index in [4.69, 9.17) is 9.47 Å². The summed E-state index contributed by atoms with van der Waals surface area (Å²) in [5.74, 6) is 1.54. The summed E-state index contributed by atoms with van der Waals surface area (Å²) in [5, 5.41) is 2.86. The lowest BCUT2D eigenvalue weighted by Crippen LogP contribution is -2.07. The van der Waals surface area contributed by atoms with Crippen LogP contribution in [0.25, 0.3) is 0 Å². The maximum absolute atomic E-state index is 5.20. The van der Waals surface area contributed by atoms with Crippen LogP contribution in [0.15, 0.2) is 18.2 Å². The van der Waals surface area contributed by atoms with Crippen molar-refractivity contribution < 1.29 is 9.47 Å². The van der Waals surface area contributed by atoms with Crippen molar-refractivity contribution in [2.45, 2.75) is 6.42 Å². The van der Waals surface area contributed by atoms with Gasteiger partial charge in [0.2, 0.25) is 0 Å². The van der Waals surface area contributed by atoms with Gasteiger partial charge in [-0.1, -0.05) is 6.07 Å². The number of ether oxygens (including phenoxy) is 2. The van der Waals surface area contributed by atoms with E-state index in [0.29, 0.717) is 0 Å². The number of benzene rings is 1. The molecule has 0 heterocycles. The molecule has 0 unspecified atom stereocenters. The van der Waals surface area contributed by atoms with Gasteiger partial charge in [-0.2, -0.15) is 0 Å². The first kappa shape index (κ1) is 10.9. The number of methoxy groups -OCH3 is 2. The van der Waals surface area contributed by atoms with Gasteiger partial charge in [0.25, 0.3) is 0 Å². The molecule has 0 aromatic heterocycles. The highest BCUT2D eigenvalue weighted by atomic mass is 16.5. The zero-order valence-electron chi connectivity index (χ0n) is 8.67. The van der Waals surface area contributed by atoms with E-state index in [1.54, 1.807) is 14.2 Å². The molecule has 77 valence electrons. The zero-order valence-corrected chi connectivity index (χ0v) is 8.67. The second kappa shape index (κ2) is 5.50. The molecule has 1 N–H and O–H groups in total. The number of rotatable bonds is 5. The van der Waals surface area contributed by atoms with Gasteiger partial charge in [-0.25, -0.2) is 0 Å². The first-order valence-electron chi connectivity index (χ1n) is 4.52. The molecule has 14 heavy (non-hydrogen) atoms. The summed E-state index contributed by atoms with van der Waals surface area (Å²) in [4.78, 5) is 0. The van der Waals surface area contributed by atoms with Crippen molar-refractivity contribution in [3.05, 3.63) is 30.8 Å². The van der Waals surface area contributed by atoms with Crippen LogP contribution in [0, 0.1) is 7.05 Å². The SMILES string of the molecule is [CH2]NCCc1ccc(OC)c(OC)c1. The highest BCUT2D eigenvalue weighted by Crippen LogP contribution is 2.27. The largest absolute Gasteiger partial charge is 0.493 e. The molecular formula is C11H16NO2. The van der Waals surface area contributed by atoms with Crippen molar-refractivity contribution in [1.82, 2.24) is 5.32 Å². The highest BCUT2D eigenvalue weighted by Gasteiger charge is 2.03. The van der Waals surface area contributed by atoms with Crippen LogP contribution in [0.1, 0.15) is 5.56 Å². The van der Waals surface area contributed by atoms with Crippen LogP contribution in [0.3, 0.4) is 0 Å². The fourth-order valence-corrected chi connectivity index (χ4v) is 1.27. The normalized spacial score (nSPS) is 9.93. The van der Waals surface area contributed by atoms with Gasteiger partial charge >= 0.3 is 0 Å². The fraction of sp³-hybridized carbons (Fsp3) is 0.364. The Balaban J connectivity index is 2.79. The molecule has 0 saturated heterocycles. The second-order valence-electron chi connectivity index (χ2n) is 2.94. The molecule has 1 radical (unpaired) electrons. The number of nitrogens with one attached hydrogen (secondary N) is 1. The molecule has 1 aromatic rings. The molecule has 0 amide bonds. The van der Waals surface area contributed by atoms with E-state index in [1.165, 1.54) is 5.56 Å². The standard InChI is InChI=1S/C11H16NO2/c1-12-7-6-9-4-5-10(13-2)11(8-9)14-3/h4-5,8,12H,1,6-7H2,2-3H3. The Kier molecular flexibility index (Phi) is 4.26. The summed E-state index contributed by atoms with van der Waals surface area (Å²) in [6.45, 7) is 0.857. The highest BCUT2D eigenvalue weighted by molar-refractivity contribution is 5.42. The molecule has 0 fully saturated rings. The van der Waals surface area contributed by atoms with Gasteiger partial charge in [0, 0.05) is 7.05 Å². The van der Waals surface area contributed by atoms with E-state index in [-0.39, 0.29) is 0 Å². The third kappa shape index (κ3) is 2.64. The topological polar surface area (TPSA) is 30.5 Å². The second-order valence-corrected chi connectivity index (χ2v) is 2.94. The van der Waals surface area contributed by atoms with Gasteiger partial charge in [0.1, 0.15) is 0 Å². The average Bonchev–Trinajstić information content (AvgIpc) is 2.25. The molecule has 0 aliphatic heterocycles. The maximum atomic E-state index is 5.20. The van der Waals surface area contributed by atoms with E-state index in [0.717, 1.165) is 24.5 Å². The Morgan fingerprint density at radius 1 is 1.21 bits per heavy atom. The van der Waals surface area contributed by atoms with Gasteiger partial charge < -0.3 is 14.8 Å². The summed E-state index contributed by atoms with van der Waals surface area (Å²) >= 11 is 0. The van der Waals surface area contributed by atoms with Crippen molar-refractivity contribution in [3.8, 4) is 11.5 Å². The summed E-state index contributed by atoms with van der Waals surface area (Å²) < 4.78 is 10.3. The predicted molar refractivity (Wildman–Crippen MR) is 56.6 cm³/mol. The zero-order chi connectivity index (χ0) is 10.4. The minimum Gasteiger partial charge on any atom is -0.493 e. The van der Waals surface area contributed by atoms with Crippen LogP contribution in [0.5, 0.6) is 11.5 Å². The van der Waals surface area contributed by atoms with Crippen molar-refractivity contribution >= 4 is 0 Å². The first-order valence-corrected chi connectivity index (χ1v) is 4.52. The Bertz CT molecular complexity index is 287. The maximum Gasteiger partial charge on any atom is 0.160 e. The molecule has 3 heteroatoms. The Morgan fingerprint density at radius 3 is 2.50 bits per heavy atom. The molecule has 1 rings (SSSR count). The van der Waals surface area contributed by atoms with Gasteiger partial charge in [-0.05, 0) is 30.7 Å². The van der Waals surface area contributed by atoms with Crippen LogP contribution in [-0.4, -0.2) is 20.8 Å². The van der Waals surface area contributed by atoms with E-state index >= 15 is 0 Å². The van der Waals surface area contributed by atoms with E-state index in [9.17, 15) is 0 Å². The summed E-state index contributed by atoms with van der Waals surface area (Å²) in [5.41, 5.74) is 1.21. The predicted octanol–water partition coefficient (Wildman–Crippen LogP) is 1.63. The molecule has 1 aromatic carbocycles. The van der Waals surface area contributed by atoms with Crippen LogP contribution in [-0.2, 0) is 6.42 Å². The summed E-state index contributed by atoms with van der Waals surface area (Å²) in [7, 11) is 6.85. The Labute approximate surface area is 85.0 Å². The Morgan fingerprint density at radius 2 is 1.93 bits per heavy atom. The van der Waals surface area contributed by atoms with Crippen molar-refractivity contribution in [3.63, 3.8) is 0 Å². The molecule has 0 saturated carbocycles. The lowest BCUT2D eigenvalue weighted by Gasteiger charge is -2.09. The van der Waals surface area contributed by atoms with Gasteiger partial charge in [0.15, 0.2) is 11.5 Å². The summed E-state index contributed by atoms with van der Waals surface area (Å²) in [6.07, 6.45) is 0.934. The fourth-order valence-electron chi connectivity index (χ4n) is 1.27. The van der Waals surface area contributed by atoms with E-state index in [2.05, 4.69) is 12.4 Å². The minimum absolute atomic E-state index is 0.763. The lowest BCUT2D eigenvalue weighted by atomic mass is 10.1. The van der Waals surface area contributed by atoms with Gasteiger partial charge in [-0.15, -0.1) is 0 Å². The average molecular weight is 194 g/mol. The molecule has 0 spiro atoms. The van der Waals surface area contributed by atoms with Crippen LogP contribution in [0.2, 0.25) is 0 Å². The molecule has 0 aliphatic rings. The van der Waals surface area contributed by atoms with Crippen molar-refractivity contribution in [2.75, 3.05) is 20.8 Å². The van der Waals surface area contributed by atoms with E-state index in [1.807, 2.05) is 18.2 Å². The lowest BCUT2D eigenvalue weighted by molar-refractivity contribution is 0.354.